The molecule has 0 radical (unpaired) electrons. The number of hydrogen-bond acceptors (Lipinski definition) is 7. The van der Waals surface area contributed by atoms with E-state index in [4.69, 9.17) is 0 Å². The van der Waals surface area contributed by atoms with E-state index >= 15 is 0 Å². The maximum absolute atomic E-state index is 11.4. The summed E-state index contributed by atoms with van der Waals surface area (Å²) in [6, 6.07) is 10.9. The van der Waals surface area contributed by atoms with Crippen molar-refractivity contribution in [1.82, 2.24) is 9.71 Å². The first-order chi connectivity index (χ1) is 13.9. The van der Waals surface area contributed by atoms with Crippen molar-refractivity contribution in [1.29, 1.82) is 0 Å². The van der Waals surface area contributed by atoms with E-state index in [0.717, 1.165) is 26.5 Å². The number of aromatic hydroxyl groups is 1. The normalized spacial score (nSPS) is 10.9. The number of rotatable bonds is 7. The van der Waals surface area contributed by atoms with Crippen LogP contribution in [-0.2, 0) is 16.6 Å². The van der Waals surface area contributed by atoms with E-state index < -0.39 is 10.0 Å². The van der Waals surface area contributed by atoms with Gasteiger partial charge in [-0.1, -0.05) is 41.9 Å². The van der Waals surface area contributed by atoms with Crippen LogP contribution in [0.3, 0.4) is 0 Å². The van der Waals surface area contributed by atoms with Crippen LogP contribution in [0.15, 0.2) is 48.4 Å². The van der Waals surface area contributed by atoms with E-state index in [1.165, 1.54) is 11.3 Å². The minimum absolute atomic E-state index is 0.104. The number of fused-ring (bicyclic) bond motifs is 1. The molecule has 0 bridgehead atoms. The third-order valence-corrected chi connectivity index (χ3v) is 5.93. The Labute approximate surface area is 173 Å². The molecule has 0 unspecified atom stereocenters. The van der Waals surface area contributed by atoms with Gasteiger partial charge in [0, 0.05) is 30.3 Å². The van der Waals surface area contributed by atoms with Crippen LogP contribution in [0.4, 0.5) is 10.8 Å². The van der Waals surface area contributed by atoms with Gasteiger partial charge in [-0.05, 0) is 29.8 Å². The van der Waals surface area contributed by atoms with Crippen molar-refractivity contribution in [3.8, 4) is 17.6 Å². The monoisotopic (exact) mass is 428 g/mol. The van der Waals surface area contributed by atoms with Crippen LogP contribution >= 0.6 is 11.3 Å². The van der Waals surface area contributed by atoms with Crippen LogP contribution in [-0.4, -0.2) is 32.1 Å². The summed E-state index contributed by atoms with van der Waals surface area (Å²) < 4.78 is 26.2. The van der Waals surface area contributed by atoms with Gasteiger partial charge in [-0.25, -0.2) is 18.1 Å². The largest absolute Gasteiger partial charge is 0.506 e. The molecule has 1 aromatic heterocycles. The highest BCUT2D eigenvalue weighted by Gasteiger charge is 2.08. The number of thiazole rings is 1. The second-order valence-corrected chi connectivity index (χ2v) is 8.74. The smallest absolute Gasteiger partial charge is 0.233 e. The number of phenolic OH excluding ortho intramolecular Hbond substituents is 1. The van der Waals surface area contributed by atoms with Crippen LogP contribution in [0.25, 0.3) is 10.2 Å². The topological polar surface area (TPSA) is 103 Å². The van der Waals surface area contributed by atoms with Crippen LogP contribution < -0.4 is 15.4 Å². The highest BCUT2D eigenvalue weighted by molar-refractivity contribution is 7.92. The van der Waals surface area contributed by atoms with Crippen LogP contribution in [0.2, 0.25) is 0 Å². The van der Waals surface area contributed by atoms with E-state index in [-0.39, 0.29) is 12.3 Å². The predicted molar refractivity (Wildman–Crippen MR) is 119 cm³/mol. The molecule has 4 N–H and O–H groups in total. The molecule has 0 saturated carbocycles. The summed E-state index contributed by atoms with van der Waals surface area (Å²) in [6.07, 6.45) is 0. The molecule has 0 aliphatic heterocycles. The highest BCUT2D eigenvalue weighted by atomic mass is 32.2. The fourth-order valence-corrected chi connectivity index (χ4v) is 3.88. The maximum Gasteiger partial charge on any atom is 0.233 e. The van der Waals surface area contributed by atoms with Gasteiger partial charge in [0.15, 0.2) is 5.13 Å². The third-order valence-electron chi connectivity index (χ3n) is 3.93. The highest BCUT2D eigenvalue weighted by Crippen LogP contribution is 2.32. The SMILES string of the molecule is C=CS(=O)(=O)NCc1cccc(NCC#Cc2cc(O)c3nc(NC)sc3c2)c1. The molecule has 0 atom stereocenters. The summed E-state index contributed by atoms with van der Waals surface area (Å²) in [5, 5.41) is 17.9. The number of hydrogen-bond donors (Lipinski definition) is 4. The number of sulfonamides is 1. The summed E-state index contributed by atoms with van der Waals surface area (Å²) in [4.78, 5) is 4.30. The summed E-state index contributed by atoms with van der Waals surface area (Å²) in [7, 11) is -1.68. The number of benzene rings is 2. The Morgan fingerprint density at radius 2 is 2.14 bits per heavy atom. The standard InChI is InChI=1S/C20H20N4O3S2/c1-3-29(26,27)23-13-15-6-4-8-16(10-15)22-9-5-7-14-11-17(25)19-18(12-14)28-20(21-2)24-19/h3-4,6,8,10-12,22-23,25H,1,9,13H2,2H3,(H,21,24). The summed E-state index contributed by atoms with van der Waals surface area (Å²) in [5.41, 5.74) is 2.91. The zero-order valence-electron chi connectivity index (χ0n) is 15.7. The molecule has 9 heteroatoms. The van der Waals surface area contributed by atoms with Crippen LogP contribution in [0, 0.1) is 11.8 Å². The number of aromatic nitrogens is 1. The van der Waals surface area contributed by atoms with E-state index in [2.05, 4.69) is 38.8 Å². The molecule has 0 spiro atoms. The van der Waals surface area contributed by atoms with Crippen molar-refractivity contribution < 1.29 is 13.5 Å². The Morgan fingerprint density at radius 3 is 2.90 bits per heavy atom. The minimum Gasteiger partial charge on any atom is -0.506 e. The van der Waals surface area contributed by atoms with Crippen molar-refractivity contribution in [3.05, 3.63) is 59.5 Å². The molecule has 2 aromatic carbocycles. The van der Waals surface area contributed by atoms with Crippen molar-refractivity contribution >= 4 is 42.4 Å². The maximum atomic E-state index is 11.4. The first-order valence-electron chi connectivity index (χ1n) is 8.65. The third kappa shape index (κ3) is 5.48. The van der Waals surface area contributed by atoms with Gasteiger partial charge >= 0.3 is 0 Å². The van der Waals surface area contributed by atoms with Gasteiger partial charge in [0.1, 0.15) is 11.3 Å². The van der Waals surface area contributed by atoms with E-state index in [1.807, 2.05) is 30.3 Å². The Morgan fingerprint density at radius 1 is 1.31 bits per heavy atom. The number of phenols is 1. The molecule has 0 aliphatic carbocycles. The molecule has 0 fully saturated rings. The molecule has 0 saturated heterocycles. The lowest BCUT2D eigenvalue weighted by atomic mass is 10.2. The number of nitrogens with one attached hydrogen (secondary N) is 3. The Bertz CT molecular complexity index is 1210. The molecular weight excluding hydrogens is 408 g/mol. The number of anilines is 2. The second kappa shape index (κ2) is 8.96. The predicted octanol–water partition coefficient (Wildman–Crippen LogP) is 3.07. The molecule has 1 heterocycles. The Kier molecular flexibility index (Phi) is 6.39. The Balaban J connectivity index is 1.64. The number of nitrogens with zero attached hydrogens (tertiary/aromatic N) is 1. The summed E-state index contributed by atoms with van der Waals surface area (Å²) in [5.74, 6) is 6.15. The van der Waals surface area contributed by atoms with Gasteiger partial charge in [-0.15, -0.1) is 0 Å². The van der Waals surface area contributed by atoms with Crippen molar-refractivity contribution in [2.45, 2.75) is 6.54 Å². The molecule has 150 valence electrons. The molecule has 3 rings (SSSR count). The summed E-state index contributed by atoms with van der Waals surface area (Å²) >= 11 is 1.45. The Hall–Kier alpha value is -3.06. The zero-order valence-corrected chi connectivity index (χ0v) is 17.3. The van der Waals surface area contributed by atoms with Gasteiger partial charge in [-0.3, -0.25) is 0 Å². The van der Waals surface area contributed by atoms with Crippen molar-refractivity contribution in [3.63, 3.8) is 0 Å². The van der Waals surface area contributed by atoms with E-state index in [9.17, 15) is 13.5 Å². The van der Waals surface area contributed by atoms with Crippen LogP contribution in [0.1, 0.15) is 11.1 Å². The molecular formula is C20H20N4O3S2. The minimum atomic E-state index is -3.46. The van der Waals surface area contributed by atoms with Gasteiger partial charge < -0.3 is 15.7 Å². The average molecular weight is 429 g/mol. The second-order valence-electron chi connectivity index (χ2n) is 6.00. The fourth-order valence-electron chi connectivity index (χ4n) is 2.52. The first kappa shape index (κ1) is 20.7. The lowest BCUT2D eigenvalue weighted by Gasteiger charge is -2.06. The quantitative estimate of drug-likeness (QED) is 0.431. The lowest BCUT2D eigenvalue weighted by molar-refractivity contribution is 0.480. The summed E-state index contributed by atoms with van der Waals surface area (Å²) in [6.45, 7) is 3.84. The van der Waals surface area contributed by atoms with Gasteiger partial charge in [-0.2, -0.15) is 0 Å². The van der Waals surface area contributed by atoms with E-state index in [0.29, 0.717) is 17.6 Å². The van der Waals surface area contributed by atoms with Gasteiger partial charge in [0.05, 0.1) is 11.2 Å². The van der Waals surface area contributed by atoms with Crippen molar-refractivity contribution in [2.75, 3.05) is 24.2 Å². The van der Waals surface area contributed by atoms with E-state index in [1.54, 1.807) is 13.1 Å². The molecule has 3 aromatic rings. The first-order valence-corrected chi connectivity index (χ1v) is 11.0. The average Bonchev–Trinajstić information content (AvgIpc) is 3.14. The van der Waals surface area contributed by atoms with Crippen molar-refractivity contribution in [2.24, 2.45) is 0 Å². The fraction of sp³-hybridized carbons (Fsp3) is 0.150. The molecule has 0 amide bonds. The molecule has 29 heavy (non-hydrogen) atoms. The zero-order chi connectivity index (χ0) is 20.9. The van der Waals surface area contributed by atoms with Gasteiger partial charge in [0.25, 0.3) is 0 Å². The molecule has 7 nitrogen and oxygen atoms in total. The van der Waals surface area contributed by atoms with Gasteiger partial charge in [0.2, 0.25) is 10.0 Å². The lowest BCUT2D eigenvalue weighted by Crippen LogP contribution is -2.20. The van der Waals surface area contributed by atoms with Crippen LogP contribution in [0.5, 0.6) is 5.75 Å². The molecule has 0 aliphatic rings.